The number of aryl methyl sites for hydroxylation is 1. The number of hydrogen-bond donors (Lipinski definition) is 2. The number of H-pyrrole nitrogens is 1. The fourth-order valence-corrected chi connectivity index (χ4v) is 5.30. The van der Waals surface area contributed by atoms with E-state index in [1.165, 1.54) is 4.57 Å². The maximum atomic E-state index is 13.0. The van der Waals surface area contributed by atoms with E-state index in [1.807, 2.05) is 20.8 Å². The van der Waals surface area contributed by atoms with E-state index in [4.69, 9.17) is 14.5 Å². The summed E-state index contributed by atoms with van der Waals surface area (Å²) in [5, 5.41) is 10.4. The number of aromatic nitrogens is 4. The van der Waals surface area contributed by atoms with Crippen molar-refractivity contribution in [3.63, 3.8) is 0 Å². The van der Waals surface area contributed by atoms with Gasteiger partial charge in [0, 0.05) is 25.9 Å². The van der Waals surface area contributed by atoms with Crippen LogP contribution < -0.4 is 11.2 Å². The number of nitrogens with zero attached hydrogens (tertiary/aromatic N) is 3. The van der Waals surface area contributed by atoms with Gasteiger partial charge in [0.1, 0.15) is 29.2 Å². The lowest BCUT2D eigenvalue weighted by molar-refractivity contribution is -0.165. The molecule has 2 aromatic heterocycles. The summed E-state index contributed by atoms with van der Waals surface area (Å²) in [4.78, 5) is 33.7. The van der Waals surface area contributed by atoms with E-state index < -0.39 is 23.4 Å². The van der Waals surface area contributed by atoms with Crippen LogP contribution in [-0.2, 0) is 28.2 Å². The molecule has 4 saturated heterocycles. The number of aliphatic hydroxyl groups is 1. The standard InChI is InChI=1S/C19H26N4O5/c1-4-6-22-14-11(15(25)23(7-5-2)17(22)26)20-16(21-14)19-8-10-12(24)13(28-19)18(3,9-19)27-10/h10,12-13,24H,4-9H2,1-3H3,(H,20,21)/t10-,12?,13?,18+,19-/m1/s1. The maximum Gasteiger partial charge on any atom is 0.332 e. The lowest BCUT2D eigenvalue weighted by Crippen LogP contribution is -2.45. The van der Waals surface area contributed by atoms with Crippen molar-refractivity contribution in [1.29, 1.82) is 0 Å². The van der Waals surface area contributed by atoms with Crippen LogP contribution in [0.15, 0.2) is 9.59 Å². The average Bonchev–Trinajstić information content (AvgIpc) is 3.24. The van der Waals surface area contributed by atoms with Crippen LogP contribution >= 0.6 is 0 Å². The number of aromatic amines is 1. The molecular formula is C19H26N4O5. The van der Waals surface area contributed by atoms with Crippen molar-refractivity contribution in [2.75, 3.05) is 0 Å². The largest absolute Gasteiger partial charge is 0.388 e. The monoisotopic (exact) mass is 390 g/mol. The molecule has 2 aromatic rings. The zero-order valence-corrected chi connectivity index (χ0v) is 16.4. The van der Waals surface area contributed by atoms with Gasteiger partial charge in [0.2, 0.25) is 0 Å². The molecule has 152 valence electrons. The van der Waals surface area contributed by atoms with Crippen LogP contribution in [0.4, 0.5) is 0 Å². The van der Waals surface area contributed by atoms with Crippen LogP contribution in [0.1, 0.15) is 52.3 Å². The Morgan fingerprint density at radius 2 is 1.93 bits per heavy atom. The Kier molecular flexibility index (Phi) is 3.73. The number of hydrogen-bond acceptors (Lipinski definition) is 6. The van der Waals surface area contributed by atoms with Crippen molar-refractivity contribution in [3.8, 4) is 0 Å². The van der Waals surface area contributed by atoms with Crippen LogP contribution in [0.2, 0.25) is 0 Å². The average molecular weight is 390 g/mol. The fraction of sp³-hybridized carbons (Fsp3) is 0.737. The van der Waals surface area contributed by atoms with Crippen molar-refractivity contribution in [2.45, 2.75) is 89.1 Å². The number of fused-ring (bicyclic) bond motifs is 1. The molecule has 4 aliphatic rings. The van der Waals surface area contributed by atoms with Crippen molar-refractivity contribution < 1.29 is 14.6 Å². The summed E-state index contributed by atoms with van der Waals surface area (Å²) in [6.45, 7) is 6.73. The first-order valence-electron chi connectivity index (χ1n) is 10.1. The van der Waals surface area contributed by atoms with Crippen molar-refractivity contribution in [2.24, 2.45) is 0 Å². The van der Waals surface area contributed by atoms with Crippen molar-refractivity contribution in [1.82, 2.24) is 19.1 Å². The molecule has 6 heterocycles. The summed E-state index contributed by atoms with van der Waals surface area (Å²) in [6, 6.07) is 0. The Labute approximate surface area is 161 Å². The Morgan fingerprint density at radius 1 is 1.21 bits per heavy atom. The molecule has 4 bridgehead atoms. The van der Waals surface area contributed by atoms with Gasteiger partial charge in [-0.1, -0.05) is 13.8 Å². The Balaban J connectivity index is 1.69. The molecule has 0 amide bonds. The van der Waals surface area contributed by atoms with Gasteiger partial charge in [-0.3, -0.25) is 13.9 Å². The molecule has 2 unspecified atom stereocenters. The van der Waals surface area contributed by atoms with Gasteiger partial charge >= 0.3 is 5.69 Å². The number of imidazole rings is 1. The van der Waals surface area contributed by atoms with E-state index in [1.54, 1.807) is 4.57 Å². The lowest BCUT2D eigenvalue weighted by Gasteiger charge is -2.38. The van der Waals surface area contributed by atoms with E-state index in [0.717, 1.165) is 6.42 Å². The summed E-state index contributed by atoms with van der Waals surface area (Å²) >= 11 is 0. The third-order valence-electron chi connectivity index (χ3n) is 6.42. The van der Waals surface area contributed by atoms with Crippen LogP contribution in [0.25, 0.3) is 11.2 Å². The second-order valence-corrected chi connectivity index (χ2v) is 8.55. The third-order valence-corrected chi connectivity index (χ3v) is 6.42. The molecule has 4 fully saturated rings. The van der Waals surface area contributed by atoms with E-state index in [9.17, 15) is 14.7 Å². The molecule has 0 radical (unpaired) electrons. The zero-order valence-electron chi connectivity index (χ0n) is 16.4. The Bertz CT molecular complexity index is 1070. The van der Waals surface area contributed by atoms with E-state index >= 15 is 0 Å². The van der Waals surface area contributed by atoms with Gasteiger partial charge in [0.25, 0.3) is 5.56 Å². The lowest BCUT2D eigenvalue weighted by atomic mass is 9.86. The molecular weight excluding hydrogens is 364 g/mol. The van der Waals surface area contributed by atoms with Crippen LogP contribution in [0.5, 0.6) is 0 Å². The van der Waals surface area contributed by atoms with Crippen LogP contribution in [0, 0.1) is 0 Å². The number of ether oxygens (including phenoxy) is 2. The molecule has 6 rings (SSSR count). The minimum Gasteiger partial charge on any atom is -0.388 e. The normalized spacial score (nSPS) is 36.1. The first-order valence-corrected chi connectivity index (χ1v) is 10.1. The zero-order chi connectivity index (χ0) is 19.8. The molecule has 28 heavy (non-hydrogen) atoms. The summed E-state index contributed by atoms with van der Waals surface area (Å²) in [6.07, 6.45) is 1.11. The molecule has 2 N–H and O–H groups in total. The van der Waals surface area contributed by atoms with Crippen LogP contribution in [-0.4, -0.2) is 48.1 Å². The predicted octanol–water partition coefficient (Wildman–Crippen LogP) is 0.613. The first-order chi connectivity index (χ1) is 13.3. The van der Waals surface area contributed by atoms with Crippen molar-refractivity contribution >= 4 is 11.2 Å². The van der Waals surface area contributed by atoms with Gasteiger partial charge in [-0.05, 0) is 19.8 Å². The maximum absolute atomic E-state index is 13.0. The number of aliphatic hydroxyl groups excluding tert-OH is 1. The van der Waals surface area contributed by atoms with Crippen molar-refractivity contribution in [3.05, 3.63) is 26.7 Å². The Morgan fingerprint density at radius 3 is 2.57 bits per heavy atom. The van der Waals surface area contributed by atoms with Gasteiger partial charge < -0.3 is 19.6 Å². The summed E-state index contributed by atoms with van der Waals surface area (Å²) in [5.74, 6) is 0.548. The second kappa shape index (κ2) is 5.77. The molecule has 9 heteroatoms. The van der Waals surface area contributed by atoms with Gasteiger partial charge in [0.05, 0.1) is 11.7 Å². The molecule has 0 aromatic carbocycles. The van der Waals surface area contributed by atoms with Gasteiger partial charge in [-0.2, -0.15) is 0 Å². The highest BCUT2D eigenvalue weighted by Gasteiger charge is 2.70. The van der Waals surface area contributed by atoms with Gasteiger partial charge in [0.15, 0.2) is 5.65 Å². The van der Waals surface area contributed by atoms with Crippen LogP contribution in [0.3, 0.4) is 0 Å². The fourth-order valence-electron chi connectivity index (χ4n) is 5.30. The third kappa shape index (κ3) is 2.15. The first kappa shape index (κ1) is 18.1. The summed E-state index contributed by atoms with van der Waals surface area (Å²) in [5.41, 5.74) is -1.24. The van der Waals surface area contributed by atoms with E-state index in [-0.39, 0.29) is 17.4 Å². The van der Waals surface area contributed by atoms with Gasteiger partial charge in [-0.25, -0.2) is 9.78 Å². The van der Waals surface area contributed by atoms with Gasteiger partial charge in [-0.15, -0.1) is 0 Å². The summed E-state index contributed by atoms with van der Waals surface area (Å²) < 4.78 is 15.1. The smallest absolute Gasteiger partial charge is 0.332 e. The molecule has 4 aliphatic heterocycles. The van der Waals surface area contributed by atoms with E-state index in [2.05, 4.69) is 4.98 Å². The second-order valence-electron chi connectivity index (χ2n) is 8.55. The highest BCUT2D eigenvalue weighted by atomic mass is 16.6. The SMILES string of the molecule is CCCn1c(=O)c2[nH]c([C@@]34C[C@H]5O[C@@](C)(C3)C(O4)C5O)nc2n(CCC)c1=O. The van der Waals surface area contributed by atoms with E-state index in [0.29, 0.717) is 49.3 Å². The molecule has 0 saturated carbocycles. The molecule has 0 spiro atoms. The minimum atomic E-state index is -0.726. The topological polar surface area (TPSA) is 111 Å². The highest BCUT2D eigenvalue weighted by molar-refractivity contribution is 5.70. The quantitative estimate of drug-likeness (QED) is 0.774. The number of nitrogens with one attached hydrogen (secondary N) is 1. The molecule has 0 aliphatic carbocycles. The highest BCUT2D eigenvalue weighted by Crippen LogP contribution is 2.59. The predicted molar refractivity (Wildman–Crippen MR) is 100 cm³/mol. The summed E-state index contributed by atoms with van der Waals surface area (Å²) in [7, 11) is 0. The molecule has 9 nitrogen and oxygen atoms in total. The minimum absolute atomic E-state index is 0.305. The molecule has 5 atom stereocenters. The Hall–Kier alpha value is -1.97. The number of rotatable bonds is 5.